The number of hydrogen-bond donors (Lipinski definition) is 1. The van der Waals surface area contributed by atoms with Crippen LogP contribution in [0, 0.1) is 0 Å². The van der Waals surface area contributed by atoms with E-state index in [4.69, 9.17) is 11.6 Å². The fraction of sp³-hybridized carbons (Fsp3) is 0.429. The number of rotatable bonds is 7. The van der Waals surface area contributed by atoms with E-state index in [1.165, 1.54) is 23.2 Å². The van der Waals surface area contributed by atoms with E-state index in [0.29, 0.717) is 18.0 Å². The highest BCUT2D eigenvalue weighted by atomic mass is 35.5. The molecule has 2 aromatic carbocycles. The van der Waals surface area contributed by atoms with Gasteiger partial charge in [-0.1, -0.05) is 36.7 Å². The summed E-state index contributed by atoms with van der Waals surface area (Å²) in [4.78, 5) is 16.4. The fourth-order valence-corrected chi connectivity index (χ4v) is 5.84. The van der Waals surface area contributed by atoms with Crippen molar-refractivity contribution < 1.29 is 18.7 Å². The van der Waals surface area contributed by atoms with E-state index in [1.54, 1.807) is 6.92 Å². The summed E-state index contributed by atoms with van der Waals surface area (Å²) in [6, 6.07) is 14.0. The molecule has 1 aromatic heterocycles. The summed E-state index contributed by atoms with van der Waals surface area (Å²) in [5, 5.41) is 14.6. The number of anilines is 2. The zero-order chi connectivity index (χ0) is 26.1. The number of aryl methyl sites for hydroxylation is 1. The Kier molecular flexibility index (Phi) is 7.38. The van der Waals surface area contributed by atoms with Crippen molar-refractivity contribution in [2.45, 2.75) is 51.5 Å². The maximum Gasteiger partial charge on any atom is 0.339 e. The molecule has 0 radical (unpaired) electrons. The van der Waals surface area contributed by atoms with Gasteiger partial charge in [-0.05, 0) is 61.9 Å². The third kappa shape index (κ3) is 5.04. The Hall–Kier alpha value is -3.13. The smallest absolute Gasteiger partial charge is 0.339 e. The first kappa shape index (κ1) is 25.5. The van der Waals surface area contributed by atoms with Gasteiger partial charge in [0.1, 0.15) is 11.3 Å². The van der Waals surface area contributed by atoms with Gasteiger partial charge >= 0.3 is 5.97 Å². The van der Waals surface area contributed by atoms with E-state index >= 15 is 0 Å². The van der Waals surface area contributed by atoms with Crippen LogP contribution in [0.3, 0.4) is 0 Å². The summed E-state index contributed by atoms with van der Waals surface area (Å²) in [7, 11) is 0. The average molecular weight is 529 g/mol. The number of carboxylic acids is 1. The molecule has 37 heavy (non-hydrogen) atoms. The monoisotopic (exact) mass is 528 g/mol. The van der Waals surface area contributed by atoms with Crippen LogP contribution in [0.5, 0.6) is 0 Å². The molecule has 1 N–H and O–H groups in total. The standard InChI is InChI=1S/C28H31ClF2N4O2/c1-2-23-25(28(36)37)26(27(30)31)35(32-23)21-6-5-15-34(17-21)24-16-19(29)9-12-22(24)18-7-10-20(11-8-18)33-13-3-4-14-33/h7-12,16,21,27H,2-6,13-15,17H2,1H3,(H,36,37). The number of nitrogens with zero attached hydrogens (tertiary/aromatic N) is 4. The number of aromatic nitrogens is 2. The number of alkyl halides is 2. The molecule has 5 rings (SSSR count). The normalized spacial score (nSPS) is 18.1. The molecule has 2 saturated heterocycles. The van der Waals surface area contributed by atoms with Crippen molar-refractivity contribution in [3.63, 3.8) is 0 Å². The highest BCUT2D eigenvalue weighted by molar-refractivity contribution is 6.31. The van der Waals surface area contributed by atoms with Crippen molar-refractivity contribution in [3.8, 4) is 11.1 Å². The van der Waals surface area contributed by atoms with Gasteiger partial charge in [0.2, 0.25) is 0 Å². The second kappa shape index (κ2) is 10.7. The maximum atomic E-state index is 14.1. The van der Waals surface area contributed by atoms with Gasteiger partial charge in [-0.15, -0.1) is 0 Å². The molecule has 9 heteroatoms. The number of hydrogen-bond acceptors (Lipinski definition) is 4. The van der Waals surface area contributed by atoms with Crippen molar-refractivity contribution in [1.82, 2.24) is 9.78 Å². The Labute approximate surface area is 220 Å². The van der Waals surface area contributed by atoms with Crippen LogP contribution < -0.4 is 9.80 Å². The van der Waals surface area contributed by atoms with Crippen LogP contribution in [-0.4, -0.2) is 47.0 Å². The molecule has 0 spiro atoms. The Morgan fingerprint density at radius 3 is 2.43 bits per heavy atom. The average Bonchev–Trinajstić information content (AvgIpc) is 3.57. The Balaban J connectivity index is 1.47. The van der Waals surface area contributed by atoms with Crippen molar-refractivity contribution in [2.75, 3.05) is 36.0 Å². The second-order valence-electron chi connectivity index (χ2n) is 9.76. The third-order valence-corrected chi connectivity index (χ3v) is 7.70. The van der Waals surface area contributed by atoms with Gasteiger partial charge in [-0.3, -0.25) is 4.68 Å². The van der Waals surface area contributed by atoms with E-state index in [0.717, 1.165) is 42.9 Å². The molecule has 196 valence electrons. The highest BCUT2D eigenvalue weighted by Gasteiger charge is 2.33. The zero-order valence-electron chi connectivity index (χ0n) is 20.8. The van der Waals surface area contributed by atoms with Crippen molar-refractivity contribution in [2.24, 2.45) is 0 Å². The summed E-state index contributed by atoms with van der Waals surface area (Å²) >= 11 is 6.42. The zero-order valence-corrected chi connectivity index (χ0v) is 21.6. The van der Waals surface area contributed by atoms with E-state index < -0.39 is 18.1 Å². The Morgan fingerprint density at radius 2 is 1.78 bits per heavy atom. The SMILES string of the molecule is CCc1nn(C2CCCN(c3cc(Cl)ccc3-c3ccc(N4CCCC4)cc3)C2)c(C(F)F)c1C(=O)O. The molecule has 2 aliphatic rings. The lowest BCUT2D eigenvalue weighted by atomic mass is 9.99. The molecule has 1 unspecified atom stereocenters. The molecule has 0 amide bonds. The van der Waals surface area contributed by atoms with Crippen molar-refractivity contribution in [3.05, 3.63) is 64.4 Å². The van der Waals surface area contributed by atoms with Crippen LogP contribution in [0.15, 0.2) is 42.5 Å². The first-order valence-electron chi connectivity index (χ1n) is 12.9. The molecule has 2 fully saturated rings. The molecular weight excluding hydrogens is 498 g/mol. The third-order valence-electron chi connectivity index (χ3n) is 7.47. The van der Waals surface area contributed by atoms with Crippen LogP contribution in [-0.2, 0) is 6.42 Å². The predicted molar refractivity (Wildman–Crippen MR) is 142 cm³/mol. The molecule has 3 heterocycles. The summed E-state index contributed by atoms with van der Waals surface area (Å²) in [6.45, 7) is 5.07. The lowest BCUT2D eigenvalue weighted by Gasteiger charge is -2.36. The summed E-state index contributed by atoms with van der Waals surface area (Å²) in [6.07, 6.45) is 1.19. The van der Waals surface area contributed by atoms with Gasteiger partial charge in [0, 0.05) is 48.1 Å². The van der Waals surface area contributed by atoms with E-state index in [-0.39, 0.29) is 23.7 Å². The molecular formula is C28H31ClF2N4O2. The van der Waals surface area contributed by atoms with Crippen LogP contribution in [0.2, 0.25) is 5.02 Å². The van der Waals surface area contributed by atoms with E-state index in [9.17, 15) is 18.7 Å². The molecule has 3 aromatic rings. The highest BCUT2D eigenvalue weighted by Crippen LogP contribution is 2.38. The summed E-state index contributed by atoms with van der Waals surface area (Å²) in [5.41, 5.74) is 3.57. The van der Waals surface area contributed by atoms with Crippen molar-refractivity contribution >= 4 is 28.9 Å². The summed E-state index contributed by atoms with van der Waals surface area (Å²) in [5.74, 6) is -1.36. The van der Waals surface area contributed by atoms with Gasteiger partial charge in [-0.2, -0.15) is 5.10 Å². The van der Waals surface area contributed by atoms with E-state index in [1.807, 2.05) is 18.2 Å². The van der Waals surface area contributed by atoms with Gasteiger partial charge in [0.15, 0.2) is 0 Å². The van der Waals surface area contributed by atoms with Gasteiger partial charge < -0.3 is 14.9 Å². The quantitative estimate of drug-likeness (QED) is 0.363. The van der Waals surface area contributed by atoms with Crippen molar-refractivity contribution in [1.29, 1.82) is 0 Å². The molecule has 1 atom stereocenters. The maximum absolute atomic E-state index is 14.1. The first-order chi connectivity index (χ1) is 17.9. The number of halogens is 3. The number of piperidine rings is 1. The number of carboxylic acid groups (broad SMARTS) is 1. The number of aromatic carboxylic acids is 1. The molecule has 0 aliphatic carbocycles. The molecule has 0 saturated carbocycles. The predicted octanol–water partition coefficient (Wildman–Crippen LogP) is 6.84. The molecule has 0 bridgehead atoms. The second-order valence-corrected chi connectivity index (χ2v) is 10.2. The van der Waals surface area contributed by atoms with Crippen LogP contribution >= 0.6 is 11.6 Å². The lowest BCUT2D eigenvalue weighted by molar-refractivity contribution is 0.0679. The first-order valence-corrected chi connectivity index (χ1v) is 13.3. The van der Waals surface area contributed by atoms with Crippen LogP contribution in [0.4, 0.5) is 20.2 Å². The van der Waals surface area contributed by atoms with Gasteiger partial charge in [0.25, 0.3) is 6.43 Å². The molecule has 6 nitrogen and oxygen atoms in total. The minimum Gasteiger partial charge on any atom is -0.478 e. The largest absolute Gasteiger partial charge is 0.478 e. The number of benzene rings is 2. The van der Waals surface area contributed by atoms with E-state index in [2.05, 4.69) is 39.2 Å². The Bertz CT molecular complexity index is 1270. The minimum absolute atomic E-state index is 0.196. The minimum atomic E-state index is -2.93. The summed E-state index contributed by atoms with van der Waals surface area (Å²) < 4.78 is 29.5. The fourth-order valence-electron chi connectivity index (χ4n) is 5.68. The number of carbonyl (C=O) groups is 1. The lowest BCUT2D eigenvalue weighted by Crippen LogP contribution is -2.38. The molecule has 2 aliphatic heterocycles. The Morgan fingerprint density at radius 1 is 1.08 bits per heavy atom. The van der Waals surface area contributed by atoms with Crippen LogP contribution in [0.25, 0.3) is 11.1 Å². The van der Waals surface area contributed by atoms with Crippen LogP contribution in [0.1, 0.15) is 66.8 Å². The van der Waals surface area contributed by atoms with Gasteiger partial charge in [0.05, 0.1) is 11.7 Å². The topological polar surface area (TPSA) is 61.6 Å². The van der Waals surface area contributed by atoms with Gasteiger partial charge in [-0.25, -0.2) is 13.6 Å².